The smallest absolute Gasteiger partial charge is 0.317 e. The molecule has 9 N–H and O–H groups in total. The van der Waals surface area contributed by atoms with E-state index in [2.05, 4.69) is 41.4 Å². The van der Waals surface area contributed by atoms with Gasteiger partial charge >= 0.3 is 17.9 Å². The summed E-state index contributed by atoms with van der Waals surface area (Å²) >= 11 is 0. The molecular weight excluding hydrogens is 1200 g/mol. The number of phenols is 1. The molecule has 6 rings (SSSR count). The summed E-state index contributed by atoms with van der Waals surface area (Å²) in [6, 6.07) is 12.9. The van der Waals surface area contributed by atoms with E-state index in [1.165, 1.54) is 25.5 Å². The Bertz CT molecular complexity index is 2860. The molecule has 0 spiro atoms. The maximum Gasteiger partial charge on any atom is 0.317 e. The average molecular weight is 1290 g/mol. The number of hydrazone groups is 1. The van der Waals surface area contributed by atoms with Crippen molar-refractivity contribution < 1.29 is 72.6 Å². The molecule has 1 unspecified atom stereocenters. The van der Waals surface area contributed by atoms with Crippen molar-refractivity contribution in [1.29, 1.82) is 0 Å². The van der Waals surface area contributed by atoms with Gasteiger partial charge in [0.25, 0.3) is 11.8 Å². The number of hydrogen-bond donors (Lipinski definition) is 9. The largest absolute Gasteiger partial charge is 0.508 e. The maximum absolute atomic E-state index is 14.1. The molecule has 27 nitrogen and oxygen atoms in total. The Morgan fingerprint density at radius 2 is 1.36 bits per heavy atom. The molecule has 3 aromatic rings. The molecule has 4 amide bonds. The first kappa shape index (κ1) is 73.5. The molecule has 508 valence electrons. The Labute approximate surface area is 536 Å². The van der Waals surface area contributed by atoms with Gasteiger partial charge in [0.15, 0.2) is 0 Å². The number of aromatic hydroxyl groups is 1. The molecule has 3 aliphatic heterocycles. The van der Waals surface area contributed by atoms with Gasteiger partial charge in [-0.3, -0.25) is 78.8 Å². The molecule has 29 heteroatoms. The maximum atomic E-state index is 14.1. The van der Waals surface area contributed by atoms with Crippen molar-refractivity contribution in [3.63, 3.8) is 0 Å². The van der Waals surface area contributed by atoms with Crippen molar-refractivity contribution in [2.75, 3.05) is 145 Å². The molecule has 2 aromatic carbocycles. The number of alkyl halides is 2. The lowest BCUT2D eigenvalue weighted by molar-refractivity contribution is -0.140. The summed E-state index contributed by atoms with van der Waals surface area (Å²) in [5.41, 5.74) is 4.97. The molecule has 3 fully saturated rings. The molecule has 3 saturated heterocycles. The van der Waals surface area contributed by atoms with Gasteiger partial charge in [-0.05, 0) is 113 Å². The van der Waals surface area contributed by atoms with Crippen LogP contribution < -0.4 is 26.1 Å². The molecular formula is C63H94F2N14O13. The number of carbonyl (C=O) groups is 7. The second-order valence-electron chi connectivity index (χ2n) is 23.7. The zero-order chi connectivity index (χ0) is 66.3. The SMILES string of the molecule is C/N=C/[C@H]1CC(F)(F)CN1C(=O)CNC(=O)c1ccnc2ccc(OCCCN3CCN(C(=O)CCCCC/C=N/N[C@H](CCCCNC(O)CCCc4ccc(O)cc4)NC(=O)CN4CCN(CC(=O)O)CCN(CC(=O)O)CCN(CC(=O)O)CC4)CC3)cc12. The summed E-state index contributed by atoms with van der Waals surface area (Å²) < 4.78 is 34.3. The minimum Gasteiger partial charge on any atom is -0.508 e. The lowest BCUT2D eigenvalue weighted by Gasteiger charge is -2.34. The highest BCUT2D eigenvalue weighted by molar-refractivity contribution is 6.07. The van der Waals surface area contributed by atoms with Gasteiger partial charge in [-0.15, -0.1) is 0 Å². The summed E-state index contributed by atoms with van der Waals surface area (Å²) in [5.74, 6) is -6.85. The van der Waals surface area contributed by atoms with E-state index in [0.717, 1.165) is 55.8 Å². The number of halogens is 2. The second kappa shape index (κ2) is 39.1. The van der Waals surface area contributed by atoms with E-state index >= 15 is 0 Å². The van der Waals surface area contributed by atoms with Crippen molar-refractivity contribution in [2.24, 2.45) is 10.1 Å². The number of ether oxygens (including phenoxy) is 1. The van der Waals surface area contributed by atoms with E-state index in [0.29, 0.717) is 94.3 Å². The molecule has 0 aliphatic carbocycles. The Hall–Kier alpha value is -7.54. The van der Waals surface area contributed by atoms with Crippen LogP contribution in [0.5, 0.6) is 11.5 Å². The molecule has 3 aliphatic rings. The first-order valence-electron chi connectivity index (χ1n) is 31.9. The van der Waals surface area contributed by atoms with E-state index in [1.807, 2.05) is 21.9 Å². The number of carboxylic acids is 3. The summed E-state index contributed by atoms with van der Waals surface area (Å²) in [7, 11) is 1.45. The van der Waals surface area contributed by atoms with Gasteiger partial charge in [0.1, 0.15) is 23.9 Å². The summed E-state index contributed by atoms with van der Waals surface area (Å²) in [5, 5.41) is 62.7. The number of pyridine rings is 1. The van der Waals surface area contributed by atoms with Gasteiger partial charge in [0.2, 0.25) is 17.7 Å². The quantitative estimate of drug-likeness (QED) is 0.0174. The van der Waals surface area contributed by atoms with Gasteiger partial charge in [-0.25, -0.2) is 8.78 Å². The van der Waals surface area contributed by atoms with Crippen molar-refractivity contribution in [3.8, 4) is 11.5 Å². The second-order valence-corrected chi connectivity index (χ2v) is 23.7. The van der Waals surface area contributed by atoms with Crippen molar-refractivity contribution >= 4 is 64.9 Å². The van der Waals surface area contributed by atoms with Crippen LogP contribution in [0.15, 0.2) is 64.8 Å². The van der Waals surface area contributed by atoms with Crippen LogP contribution >= 0.6 is 0 Å². The number of aliphatic carboxylic acids is 3. The average Bonchev–Trinajstić information content (AvgIpc) is 1.28. The van der Waals surface area contributed by atoms with Crippen LogP contribution in [0.4, 0.5) is 8.78 Å². The van der Waals surface area contributed by atoms with Crippen molar-refractivity contribution in [2.45, 2.75) is 108 Å². The Morgan fingerprint density at radius 1 is 0.728 bits per heavy atom. The van der Waals surface area contributed by atoms with E-state index in [9.17, 15) is 67.9 Å². The standard InChI is InChI=1S/C63H94F2N14O13/c1-66-40-48-39-63(64,65)46-79(48)58(84)41-69-62(91)51-20-23-67-53-19-18-50(38-52(51)53)92-37-9-24-73-33-35-78(36-34-73)57(83)13-4-2-3-6-22-70-72-54(11-5-7-21-68-55(81)12-8-10-47-14-16-49(80)17-15-47)71-56(82)42-74-25-27-75(43-59(85)86)29-31-77(45-61(89)90)32-30-76(28-26-74)44-60(87)88/h14-20,22-23,38,40,48,54-55,68,72,80-81H,2-13,21,24-37,39,41-46H2,1H3,(H,69,91)(H,71,82)(H,85,86)(H,87,88)(H,89,90)/b66-40+,70-22+/t48-,54-,55?/m1/s1. The number of aliphatic hydroxyl groups excluding tert-OH is 1. The monoisotopic (exact) mass is 1290 g/mol. The minimum atomic E-state index is -3.04. The number of unbranched alkanes of at least 4 members (excludes halogenated alkanes) is 4. The number of aromatic nitrogens is 1. The topological polar surface area (TPSA) is 338 Å². The van der Waals surface area contributed by atoms with Crippen LogP contribution in [0.2, 0.25) is 0 Å². The van der Waals surface area contributed by atoms with Gasteiger partial charge in [0.05, 0.1) is 63.0 Å². The summed E-state index contributed by atoms with van der Waals surface area (Å²) in [6.07, 6.45) is 10.7. The van der Waals surface area contributed by atoms with Gasteiger partial charge < -0.3 is 50.7 Å². The number of aliphatic imine (C=N–C) groups is 1. The number of rotatable bonds is 36. The normalized spacial score (nSPS) is 18.3. The zero-order valence-electron chi connectivity index (χ0n) is 52.9. The van der Waals surface area contributed by atoms with Crippen LogP contribution in [0.25, 0.3) is 10.9 Å². The fraction of sp³-hybridized carbons (Fsp3) is 0.619. The number of fused-ring (bicyclic) bond motifs is 1. The highest BCUT2D eigenvalue weighted by atomic mass is 19.3. The number of phenolic OH excluding ortho intramolecular Hbond substituents is 1. The third kappa shape index (κ3) is 27.3. The number of likely N-dealkylation sites (tertiary alicyclic amines) is 1. The van der Waals surface area contributed by atoms with Crippen molar-refractivity contribution in [1.82, 2.24) is 60.7 Å². The number of amides is 4. The number of nitrogens with zero attached hydrogens (tertiary/aromatic N) is 10. The Balaban J connectivity index is 0.906. The lowest BCUT2D eigenvalue weighted by atomic mass is 10.1. The van der Waals surface area contributed by atoms with Gasteiger partial charge in [0, 0.05) is 129 Å². The predicted molar refractivity (Wildman–Crippen MR) is 341 cm³/mol. The Kier molecular flexibility index (Phi) is 31.2. The van der Waals surface area contributed by atoms with E-state index in [-0.39, 0.29) is 102 Å². The molecule has 3 atom stereocenters. The lowest BCUT2D eigenvalue weighted by Crippen LogP contribution is -2.51. The third-order valence-electron chi connectivity index (χ3n) is 16.4. The summed E-state index contributed by atoms with van der Waals surface area (Å²) in [4.78, 5) is 109. The number of nitrogens with one attached hydrogen (secondary N) is 4. The van der Waals surface area contributed by atoms with E-state index < -0.39 is 73.6 Å². The number of aryl methyl sites for hydroxylation is 1. The first-order valence-corrected chi connectivity index (χ1v) is 31.9. The third-order valence-corrected chi connectivity index (χ3v) is 16.4. The van der Waals surface area contributed by atoms with Crippen LogP contribution in [-0.2, 0) is 35.2 Å². The van der Waals surface area contributed by atoms with Gasteiger partial charge in [-0.2, -0.15) is 5.10 Å². The number of carbonyl (C=O) groups excluding carboxylic acids is 4. The number of aliphatic hydroxyl groups is 1. The predicted octanol–water partition coefficient (Wildman–Crippen LogP) is 2.06. The summed E-state index contributed by atoms with van der Waals surface area (Å²) in [6.45, 7) is 4.38. The molecule has 92 heavy (non-hydrogen) atoms. The van der Waals surface area contributed by atoms with E-state index in [4.69, 9.17) is 4.74 Å². The molecule has 0 bridgehead atoms. The fourth-order valence-corrected chi connectivity index (χ4v) is 11.3. The molecule has 0 radical (unpaired) electrons. The highest BCUT2D eigenvalue weighted by Gasteiger charge is 2.46. The van der Waals surface area contributed by atoms with Crippen LogP contribution in [0.3, 0.4) is 0 Å². The van der Waals surface area contributed by atoms with Crippen LogP contribution in [-0.4, -0.2) is 288 Å². The number of benzene rings is 2. The van der Waals surface area contributed by atoms with Crippen LogP contribution in [0.1, 0.15) is 93.0 Å². The van der Waals surface area contributed by atoms with Crippen molar-refractivity contribution in [3.05, 3.63) is 65.9 Å². The molecule has 1 aromatic heterocycles. The molecule has 0 saturated carbocycles. The van der Waals surface area contributed by atoms with Gasteiger partial charge in [-0.1, -0.05) is 18.6 Å². The first-order chi connectivity index (χ1) is 44.2. The Morgan fingerprint density at radius 3 is 1.99 bits per heavy atom. The number of carboxylic acid groups (broad SMARTS) is 3. The molecule has 4 heterocycles. The van der Waals surface area contributed by atoms with Crippen LogP contribution in [0, 0.1) is 0 Å². The van der Waals surface area contributed by atoms with E-state index in [1.54, 1.807) is 51.2 Å². The minimum absolute atomic E-state index is 0.0686. The zero-order valence-corrected chi connectivity index (χ0v) is 52.9. The fourth-order valence-electron chi connectivity index (χ4n) is 11.3. The highest BCUT2D eigenvalue weighted by Crippen LogP contribution is 2.31. The number of hydrogen-bond acceptors (Lipinski definition) is 20. The number of piperazine rings is 1.